The second kappa shape index (κ2) is 6.67. The highest BCUT2D eigenvalue weighted by molar-refractivity contribution is 7.09. The first-order valence-electron chi connectivity index (χ1n) is 6.44. The van der Waals surface area contributed by atoms with Gasteiger partial charge in [-0.15, -0.1) is 0 Å². The maximum Gasteiger partial charge on any atom is 0.202 e. The molecule has 1 aromatic heterocycles. The van der Waals surface area contributed by atoms with Gasteiger partial charge in [-0.2, -0.15) is 4.37 Å². The molecule has 0 bridgehead atoms. The quantitative estimate of drug-likeness (QED) is 0.857. The Balaban J connectivity index is 1.96. The summed E-state index contributed by atoms with van der Waals surface area (Å²) in [5.41, 5.74) is 2.89. The predicted molar refractivity (Wildman–Crippen MR) is 80.4 cm³/mol. The average Bonchev–Trinajstić information content (AvgIpc) is 2.88. The van der Waals surface area contributed by atoms with E-state index in [4.69, 9.17) is 4.74 Å². The van der Waals surface area contributed by atoms with Crippen LogP contribution in [0, 0.1) is 13.8 Å². The number of nitrogens with one attached hydrogen (secondary N) is 1. The van der Waals surface area contributed by atoms with Crippen LogP contribution in [-0.2, 0) is 17.7 Å². The first-order chi connectivity index (χ1) is 9.60. The van der Waals surface area contributed by atoms with Gasteiger partial charge in [-0.05, 0) is 30.5 Å². The molecule has 0 saturated carbocycles. The van der Waals surface area contributed by atoms with Gasteiger partial charge in [-0.25, -0.2) is 4.98 Å². The molecule has 0 aliphatic rings. The molecule has 0 aliphatic heterocycles. The van der Waals surface area contributed by atoms with E-state index in [1.807, 2.05) is 26.0 Å². The highest BCUT2D eigenvalue weighted by atomic mass is 32.1. The van der Waals surface area contributed by atoms with Crippen LogP contribution in [0.4, 0.5) is 5.13 Å². The van der Waals surface area contributed by atoms with Crippen molar-refractivity contribution in [3.8, 4) is 5.75 Å². The summed E-state index contributed by atoms with van der Waals surface area (Å²) in [5, 5.41) is 13.8. The zero-order valence-corrected chi connectivity index (χ0v) is 12.8. The summed E-state index contributed by atoms with van der Waals surface area (Å²) >= 11 is 1.35. The van der Waals surface area contributed by atoms with Gasteiger partial charge in [0.25, 0.3) is 0 Å². The molecule has 0 atom stereocenters. The minimum atomic E-state index is 0.367. The Morgan fingerprint density at radius 2 is 2.00 bits per heavy atom. The van der Waals surface area contributed by atoms with Gasteiger partial charge in [0.2, 0.25) is 5.13 Å². The fourth-order valence-corrected chi connectivity index (χ4v) is 2.55. The van der Waals surface area contributed by atoms with Crippen LogP contribution < -0.4 is 5.32 Å². The molecule has 0 fully saturated rings. The van der Waals surface area contributed by atoms with Crippen LogP contribution in [-0.4, -0.2) is 28.2 Å². The van der Waals surface area contributed by atoms with E-state index in [0.717, 1.165) is 34.1 Å². The van der Waals surface area contributed by atoms with Crippen LogP contribution in [0.15, 0.2) is 12.1 Å². The fraction of sp³-hybridized carbons (Fsp3) is 0.429. The number of aromatic hydroxyl groups is 1. The number of hydrogen-bond donors (Lipinski definition) is 2. The zero-order chi connectivity index (χ0) is 14.5. The van der Waals surface area contributed by atoms with Gasteiger partial charge < -0.3 is 15.2 Å². The number of aryl methyl sites for hydroxylation is 2. The summed E-state index contributed by atoms with van der Waals surface area (Å²) in [7, 11) is 1.67. The number of nitrogens with zero attached hydrogens (tertiary/aromatic N) is 2. The molecule has 0 radical (unpaired) electrons. The standard InChI is InChI=1S/C14H19N3O2S/c1-9-6-11(7-10(2)13(9)18)8-15-14-16-12(17-20-14)4-5-19-3/h6-7,18H,4-5,8H2,1-3H3,(H,15,16,17). The van der Waals surface area contributed by atoms with E-state index in [1.54, 1.807) is 7.11 Å². The molecule has 0 spiro atoms. The number of phenols is 1. The lowest BCUT2D eigenvalue weighted by Crippen LogP contribution is -2.01. The smallest absolute Gasteiger partial charge is 0.202 e. The summed E-state index contributed by atoms with van der Waals surface area (Å²) in [4.78, 5) is 4.39. The van der Waals surface area contributed by atoms with Crippen molar-refractivity contribution in [2.75, 3.05) is 19.0 Å². The molecular formula is C14H19N3O2S. The topological polar surface area (TPSA) is 67.3 Å². The molecule has 0 amide bonds. The van der Waals surface area contributed by atoms with Gasteiger partial charge in [0, 0.05) is 31.6 Å². The lowest BCUT2D eigenvalue weighted by atomic mass is 10.1. The largest absolute Gasteiger partial charge is 0.507 e. The first-order valence-corrected chi connectivity index (χ1v) is 7.22. The number of aromatic nitrogens is 2. The maximum absolute atomic E-state index is 9.75. The molecule has 1 heterocycles. The molecule has 20 heavy (non-hydrogen) atoms. The Bertz CT molecular complexity index is 561. The normalized spacial score (nSPS) is 10.8. The van der Waals surface area contributed by atoms with Crippen LogP contribution in [0.5, 0.6) is 5.75 Å². The van der Waals surface area contributed by atoms with Gasteiger partial charge in [0.05, 0.1) is 6.61 Å². The van der Waals surface area contributed by atoms with Crippen molar-refractivity contribution in [2.24, 2.45) is 0 Å². The van der Waals surface area contributed by atoms with E-state index < -0.39 is 0 Å². The average molecular weight is 293 g/mol. The molecule has 2 rings (SSSR count). The number of methoxy groups -OCH3 is 1. The van der Waals surface area contributed by atoms with Crippen LogP contribution in [0.1, 0.15) is 22.5 Å². The van der Waals surface area contributed by atoms with Crippen molar-refractivity contribution in [2.45, 2.75) is 26.8 Å². The Hall–Kier alpha value is -1.66. The Kier molecular flexibility index (Phi) is 4.92. The summed E-state index contributed by atoms with van der Waals surface area (Å²) in [6, 6.07) is 3.95. The second-order valence-electron chi connectivity index (χ2n) is 4.69. The van der Waals surface area contributed by atoms with E-state index in [9.17, 15) is 5.11 Å². The minimum absolute atomic E-state index is 0.367. The van der Waals surface area contributed by atoms with Crippen LogP contribution >= 0.6 is 11.5 Å². The lowest BCUT2D eigenvalue weighted by molar-refractivity contribution is 0.201. The van der Waals surface area contributed by atoms with Crippen molar-refractivity contribution in [1.29, 1.82) is 0 Å². The summed E-state index contributed by atoms with van der Waals surface area (Å²) in [5.74, 6) is 1.17. The molecule has 2 N–H and O–H groups in total. The highest BCUT2D eigenvalue weighted by Gasteiger charge is 2.06. The van der Waals surface area contributed by atoms with E-state index in [2.05, 4.69) is 14.7 Å². The van der Waals surface area contributed by atoms with Crippen LogP contribution in [0.25, 0.3) is 0 Å². The molecule has 0 unspecified atom stereocenters. The van der Waals surface area contributed by atoms with Gasteiger partial charge >= 0.3 is 0 Å². The molecule has 2 aromatic rings. The second-order valence-corrected chi connectivity index (χ2v) is 5.44. The molecule has 0 saturated heterocycles. The minimum Gasteiger partial charge on any atom is -0.507 e. The third-order valence-electron chi connectivity index (χ3n) is 2.99. The molecule has 108 valence electrons. The summed E-state index contributed by atoms with van der Waals surface area (Å²) in [6.07, 6.45) is 0.728. The molecule has 6 heteroatoms. The number of phenolic OH excluding ortho intramolecular Hbond substituents is 1. The molecular weight excluding hydrogens is 274 g/mol. The van der Waals surface area contributed by atoms with Gasteiger partial charge in [0.1, 0.15) is 11.6 Å². The van der Waals surface area contributed by atoms with E-state index in [1.165, 1.54) is 11.5 Å². The van der Waals surface area contributed by atoms with Crippen molar-refractivity contribution in [1.82, 2.24) is 9.36 Å². The Morgan fingerprint density at radius 1 is 1.30 bits per heavy atom. The third kappa shape index (κ3) is 3.68. The van der Waals surface area contributed by atoms with Gasteiger partial charge in [-0.3, -0.25) is 0 Å². The van der Waals surface area contributed by atoms with E-state index in [0.29, 0.717) is 18.9 Å². The SMILES string of the molecule is COCCc1nsc(NCc2cc(C)c(O)c(C)c2)n1. The fourth-order valence-electron chi connectivity index (χ4n) is 1.95. The Labute approximate surface area is 122 Å². The molecule has 5 nitrogen and oxygen atoms in total. The summed E-state index contributed by atoms with van der Waals surface area (Å²) < 4.78 is 9.27. The molecule has 1 aromatic carbocycles. The van der Waals surface area contributed by atoms with E-state index in [-0.39, 0.29) is 0 Å². The van der Waals surface area contributed by atoms with Crippen molar-refractivity contribution < 1.29 is 9.84 Å². The first kappa shape index (κ1) is 14.7. The van der Waals surface area contributed by atoms with Crippen molar-refractivity contribution in [3.63, 3.8) is 0 Å². The van der Waals surface area contributed by atoms with Crippen molar-refractivity contribution >= 4 is 16.7 Å². The number of hydrogen-bond acceptors (Lipinski definition) is 6. The Morgan fingerprint density at radius 3 is 2.65 bits per heavy atom. The summed E-state index contributed by atoms with van der Waals surface area (Å²) in [6.45, 7) is 5.10. The van der Waals surface area contributed by atoms with E-state index >= 15 is 0 Å². The molecule has 0 aliphatic carbocycles. The lowest BCUT2D eigenvalue weighted by Gasteiger charge is -2.08. The van der Waals surface area contributed by atoms with Gasteiger partial charge in [0.15, 0.2) is 0 Å². The van der Waals surface area contributed by atoms with Crippen LogP contribution in [0.3, 0.4) is 0 Å². The number of rotatable bonds is 6. The zero-order valence-electron chi connectivity index (χ0n) is 11.9. The number of ether oxygens (including phenoxy) is 1. The highest BCUT2D eigenvalue weighted by Crippen LogP contribution is 2.23. The van der Waals surface area contributed by atoms with Crippen LogP contribution in [0.2, 0.25) is 0 Å². The van der Waals surface area contributed by atoms with Gasteiger partial charge in [-0.1, -0.05) is 12.1 Å². The van der Waals surface area contributed by atoms with Crippen molar-refractivity contribution in [3.05, 3.63) is 34.6 Å². The number of benzene rings is 1. The predicted octanol–water partition coefficient (Wildman–Crippen LogP) is 2.66. The maximum atomic E-state index is 9.75. The third-order valence-corrected chi connectivity index (χ3v) is 3.70. The monoisotopic (exact) mass is 293 g/mol. The number of anilines is 1.